The van der Waals surface area contributed by atoms with E-state index < -0.39 is 29.3 Å². The molecule has 2 aliphatic rings. The molecular weight excluding hydrogens is 450 g/mol. The third-order valence-electron chi connectivity index (χ3n) is 6.77. The molecule has 182 valence electrons. The summed E-state index contributed by atoms with van der Waals surface area (Å²) in [4.78, 5) is 32.2. The molecule has 1 spiro atoms. The molecule has 1 aliphatic heterocycles. The Kier molecular flexibility index (Phi) is 6.05. The topological polar surface area (TPSA) is 86.1 Å². The molecule has 2 fully saturated rings. The van der Waals surface area contributed by atoms with Gasteiger partial charge in [-0.15, -0.1) is 6.42 Å². The van der Waals surface area contributed by atoms with Crippen LogP contribution in [0.2, 0.25) is 0 Å². The minimum Gasteiger partial charge on any atom is -0.335 e. The van der Waals surface area contributed by atoms with Gasteiger partial charge in [0, 0.05) is 65.5 Å². The summed E-state index contributed by atoms with van der Waals surface area (Å²) in [5.74, 6) is -0.968. The zero-order valence-corrected chi connectivity index (χ0v) is 20.1. The standard InChI is InChI=1S/C27H28F2N4O2/c1-5-17-7-6-8-18-12-31-13-19(23(17)18)20(11-30)32-24(35)21-9-26(14-27(28,29)15-26)16-33(21)22(34)10-25(2,3)4/h1,6-8,12-13,20-21H,9-10,14-16H2,2-4H3,(H,32,35). The molecule has 35 heavy (non-hydrogen) atoms. The molecule has 1 N–H and O–H groups in total. The lowest BCUT2D eigenvalue weighted by atomic mass is 9.65. The van der Waals surface area contributed by atoms with Crippen LogP contribution in [0, 0.1) is 34.5 Å². The second-order valence-corrected chi connectivity index (χ2v) is 11.0. The summed E-state index contributed by atoms with van der Waals surface area (Å²) in [7, 11) is 0. The lowest BCUT2D eigenvalue weighted by Crippen LogP contribution is -2.48. The fourth-order valence-electron chi connectivity index (χ4n) is 5.43. The minimum absolute atomic E-state index is 0.115. The van der Waals surface area contributed by atoms with Gasteiger partial charge in [-0.05, 0) is 17.9 Å². The second-order valence-electron chi connectivity index (χ2n) is 11.0. The number of nitrogens with one attached hydrogen (secondary N) is 1. The molecule has 0 radical (unpaired) electrons. The Balaban J connectivity index is 1.63. The van der Waals surface area contributed by atoms with Gasteiger partial charge in [0.15, 0.2) is 0 Å². The van der Waals surface area contributed by atoms with E-state index in [9.17, 15) is 23.6 Å². The van der Waals surface area contributed by atoms with Crippen LogP contribution in [0.15, 0.2) is 30.6 Å². The molecule has 1 saturated heterocycles. The summed E-state index contributed by atoms with van der Waals surface area (Å²) >= 11 is 0. The first-order valence-corrected chi connectivity index (χ1v) is 11.6. The Morgan fingerprint density at radius 2 is 2.03 bits per heavy atom. The maximum atomic E-state index is 13.8. The maximum absolute atomic E-state index is 13.8. The third-order valence-corrected chi connectivity index (χ3v) is 6.77. The van der Waals surface area contributed by atoms with E-state index in [1.807, 2.05) is 26.8 Å². The van der Waals surface area contributed by atoms with E-state index >= 15 is 0 Å². The largest absolute Gasteiger partial charge is 0.335 e. The highest BCUT2D eigenvalue weighted by atomic mass is 19.3. The van der Waals surface area contributed by atoms with E-state index in [1.54, 1.807) is 18.3 Å². The minimum atomic E-state index is -2.78. The predicted octanol–water partition coefficient (Wildman–Crippen LogP) is 4.35. The van der Waals surface area contributed by atoms with Crippen molar-refractivity contribution in [3.63, 3.8) is 0 Å². The first kappa shape index (κ1) is 24.6. The highest BCUT2D eigenvalue weighted by molar-refractivity contribution is 5.93. The van der Waals surface area contributed by atoms with Gasteiger partial charge in [-0.25, -0.2) is 8.78 Å². The van der Waals surface area contributed by atoms with Gasteiger partial charge in [0.1, 0.15) is 12.1 Å². The van der Waals surface area contributed by atoms with Crippen LogP contribution in [-0.4, -0.2) is 40.2 Å². The number of likely N-dealkylation sites (tertiary alicyclic amines) is 1. The Morgan fingerprint density at radius 3 is 2.63 bits per heavy atom. The summed E-state index contributed by atoms with van der Waals surface area (Å²) in [5.41, 5.74) is -0.0960. The van der Waals surface area contributed by atoms with Gasteiger partial charge in [-0.1, -0.05) is 38.8 Å². The van der Waals surface area contributed by atoms with E-state index in [0.29, 0.717) is 16.5 Å². The van der Waals surface area contributed by atoms with Crippen molar-refractivity contribution in [1.82, 2.24) is 15.2 Å². The number of hydrogen-bond donors (Lipinski definition) is 1. The van der Waals surface area contributed by atoms with Gasteiger partial charge < -0.3 is 10.2 Å². The summed E-state index contributed by atoms with van der Waals surface area (Å²) in [6, 6.07) is 5.44. The van der Waals surface area contributed by atoms with Crippen LogP contribution >= 0.6 is 0 Å². The lowest BCUT2D eigenvalue weighted by Gasteiger charge is -2.44. The number of carbonyl (C=O) groups excluding carboxylic acids is 2. The van der Waals surface area contributed by atoms with Crippen molar-refractivity contribution in [2.45, 2.75) is 64.5 Å². The van der Waals surface area contributed by atoms with Crippen LogP contribution in [0.4, 0.5) is 8.78 Å². The second kappa shape index (κ2) is 8.61. The highest BCUT2D eigenvalue weighted by Crippen LogP contribution is 2.58. The third kappa shape index (κ3) is 4.84. The molecule has 1 aromatic carbocycles. The van der Waals surface area contributed by atoms with Crippen LogP contribution in [0.1, 0.15) is 63.6 Å². The van der Waals surface area contributed by atoms with Crippen molar-refractivity contribution in [2.75, 3.05) is 6.54 Å². The van der Waals surface area contributed by atoms with Crippen molar-refractivity contribution in [3.8, 4) is 18.4 Å². The molecule has 1 aromatic heterocycles. The van der Waals surface area contributed by atoms with Gasteiger partial charge in [0.05, 0.1) is 6.07 Å². The van der Waals surface area contributed by atoms with Gasteiger partial charge >= 0.3 is 0 Å². The number of nitriles is 1. The van der Waals surface area contributed by atoms with Gasteiger partial charge in [-0.3, -0.25) is 14.6 Å². The molecule has 1 saturated carbocycles. The molecule has 6 nitrogen and oxygen atoms in total. The number of amides is 2. The number of rotatable bonds is 4. The van der Waals surface area contributed by atoms with Crippen LogP contribution in [-0.2, 0) is 9.59 Å². The van der Waals surface area contributed by atoms with Gasteiger partial charge in [0.2, 0.25) is 17.7 Å². The summed E-state index contributed by atoms with van der Waals surface area (Å²) in [5, 5.41) is 14.0. The van der Waals surface area contributed by atoms with Gasteiger partial charge in [0.25, 0.3) is 0 Å². The molecule has 0 bridgehead atoms. The fourth-order valence-corrected chi connectivity index (χ4v) is 5.43. The number of aromatic nitrogens is 1. The van der Waals surface area contributed by atoms with E-state index in [2.05, 4.69) is 22.3 Å². The van der Waals surface area contributed by atoms with Crippen molar-refractivity contribution < 1.29 is 18.4 Å². The quantitative estimate of drug-likeness (QED) is 0.662. The van der Waals surface area contributed by atoms with Crippen LogP contribution in [0.5, 0.6) is 0 Å². The Morgan fingerprint density at radius 1 is 1.31 bits per heavy atom. The number of fused-ring (bicyclic) bond motifs is 1. The molecular formula is C27H28F2N4O2. The smallest absolute Gasteiger partial charge is 0.249 e. The van der Waals surface area contributed by atoms with Crippen molar-refractivity contribution in [2.24, 2.45) is 10.8 Å². The zero-order chi connectivity index (χ0) is 25.6. The van der Waals surface area contributed by atoms with Gasteiger partial charge in [-0.2, -0.15) is 5.26 Å². The Bertz CT molecular complexity index is 1260. The first-order valence-electron chi connectivity index (χ1n) is 11.6. The maximum Gasteiger partial charge on any atom is 0.249 e. The number of benzene rings is 1. The highest BCUT2D eigenvalue weighted by Gasteiger charge is 2.62. The molecule has 4 rings (SSSR count). The molecule has 2 aromatic rings. The number of halogens is 2. The SMILES string of the molecule is C#Cc1cccc2cncc(C(C#N)NC(=O)C3CC4(CN3C(=O)CC(C)(C)C)CC(F)(F)C4)c12. The molecule has 1 aliphatic carbocycles. The summed E-state index contributed by atoms with van der Waals surface area (Å²) < 4.78 is 27.6. The molecule has 2 atom stereocenters. The number of nitrogens with zero attached hydrogens (tertiary/aromatic N) is 3. The first-order chi connectivity index (χ1) is 16.4. The number of terminal acetylenes is 1. The molecule has 2 amide bonds. The predicted molar refractivity (Wildman–Crippen MR) is 127 cm³/mol. The van der Waals surface area contributed by atoms with Crippen LogP contribution in [0.3, 0.4) is 0 Å². The van der Waals surface area contributed by atoms with Crippen molar-refractivity contribution in [1.29, 1.82) is 5.26 Å². The monoisotopic (exact) mass is 478 g/mol. The zero-order valence-electron chi connectivity index (χ0n) is 20.1. The average Bonchev–Trinajstić information content (AvgIpc) is 3.14. The fraction of sp³-hybridized carbons (Fsp3) is 0.481. The average molecular weight is 479 g/mol. The van der Waals surface area contributed by atoms with Crippen LogP contribution < -0.4 is 5.32 Å². The number of pyridine rings is 1. The van der Waals surface area contributed by atoms with E-state index in [1.165, 1.54) is 11.1 Å². The van der Waals surface area contributed by atoms with E-state index in [0.717, 1.165) is 5.39 Å². The van der Waals surface area contributed by atoms with Crippen molar-refractivity contribution in [3.05, 3.63) is 41.7 Å². The van der Waals surface area contributed by atoms with Crippen molar-refractivity contribution >= 4 is 22.6 Å². The number of hydrogen-bond acceptors (Lipinski definition) is 4. The molecule has 8 heteroatoms. The summed E-state index contributed by atoms with van der Waals surface area (Å²) in [6.07, 6.45) is 8.41. The lowest BCUT2D eigenvalue weighted by molar-refractivity contribution is -0.159. The Hall–Kier alpha value is -3.52. The van der Waals surface area contributed by atoms with E-state index in [-0.39, 0.29) is 43.6 Å². The molecule has 2 unspecified atom stereocenters. The molecule has 2 heterocycles. The number of carbonyl (C=O) groups is 2. The normalized spacial score (nSPS) is 21.1. The summed E-state index contributed by atoms with van der Waals surface area (Å²) in [6.45, 7) is 5.84. The van der Waals surface area contributed by atoms with E-state index in [4.69, 9.17) is 6.42 Å². The number of alkyl halides is 2. The Labute approximate surface area is 203 Å². The van der Waals surface area contributed by atoms with Crippen LogP contribution in [0.25, 0.3) is 10.8 Å².